The summed E-state index contributed by atoms with van der Waals surface area (Å²) < 4.78 is 5.15. The van der Waals surface area contributed by atoms with Gasteiger partial charge in [-0.1, -0.05) is 18.2 Å². The Balaban J connectivity index is 0.00000400. The number of guanidine groups is 1. The molecule has 0 amide bonds. The van der Waals surface area contributed by atoms with Crippen LogP contribution in [0.3, 0.4) is 0 Å². The van der Waals surface area contributed by atoms with Crippen LogP contribution in [0.5, 0.6) is 5.75 Å². The van der Waals surface area contributed by atoms with Crippen molar-refractivity contribution in [3.05, 3.63) is 42.5 Å². The van der Waals surface area contributed by atoms with Crippen molar-refractivity contribution in [3.8, 4) is 5.75 Å². The van der Waals surface area contributed by atoms with Crippen LogP contribution in [-0.4, -0.2) is 38.6 Å². The monoisotopic (exact) mass is 403 g/mol. The first-order valence-electron chi connectivity index (χ1n) is 6.87. The van der Waals surface area contributed by atoms with E-state index < -0.39 is 0 Å². The Morgan fingerprint density at radius 2 is 2.05 bits per heavy atom. The summed E-state index contributed by atoms with van der Waals surface area (Å²) in [4.78, 5) is 6.43. The molecule has 0 radical (unpaired) electrons. The van der Waals surface area contributed by atoms with E-state index in [0.717, 1.165) is 37.6 Å². The van der Waals surface area contributed by atoms with Gasteiger partial charge in [0.25, 0.3) is 0 Å². The lowest BCUT2D eigenvalue weighted by atomic mass is 10.2. The molecule has 0 saturated carbocycles. The van der Waals surface area contributed by atoms with Crippen molar-refractivity contribution in [2.45, 2.75) is 19.4 Å². The summed E-state index contributed by atoms with van der Waals surface area (Å²) in [5, 5.41) is 3.36. The lowest BCUT2D eigenvalue weighted by Gasteiger charge is -2.21. The second kappa shape index (κ2) is 11.4. The molecule has 1 aromatic rings. The maximum atomic E-state index is 5.15. The number of rotatable bonds is 7. The fourth-order valence-electron chi connectivity index (χ4n) is 1.89. The van der Waals surface area contributed by atoms with E-state index in [1.807, 2.05) is 25.3 Å². The average Bonchev–Trinajstić information content (AvgIpc) is 2.49. The predicted molar refractivity (Wildman–Crippen MR) is 101 cm³/mol. The van der Waals surface area contributed by atoms with E-state index in [1.54, 1.807) is 14.2 Å². The first-order valence-corrected chi connectivity index (χ1v) is 6.87. The lowest BCUT2D eigenvalue weighted by Crippen LogP contribution is -2.38. The first-order chi connectivity index (χ1) is 9.71. The zero-order chi connectivity index (χ0) is 14.8. The molecule has 0 heterocycles. The third-order valence-corrected chi connectivity index (χ3v) is 3.08. The molecule has 0 atom stereocenters. The third kappa shape index (κ3) is 7.36. The molecule has 21 heavy (non-hydrogen) atoms. The smallest absolute Gasteiger partial charge is 0.193 e. The minimum Gasteiger partial charge on any atom is -0.497 e. The topological polar surface area (TPSA) is 36.9 Å². The van der Waals surface area contributed by atoms with Gasteiger partial charge < -0.3 is 15.0 Å². The summed E-state index contributed by atoms with van der Waals surface area (Å²) in [6.45, 7) is 5.46. The molecule has 0 fully saturated rings. The molecule has 0 saturated heterocycles. The molecule has 0 bridgehead atoms. The summed E-state index contributed by atoms with van der Waals surface area (Å²) in [6, 6.07) is 8.04. The number of unbranched alkanes of at least 4 members (excludes halogenated alkanes) is 1. The molecule has 0 aromatic heterocycles. The van der Waals surface area contributed by atoms with Crippen molar-refractivity contribution in [2.75, 3.05) is 27.7 Å². The predicted octanol–water partition coefficient (Wildman–Crippen LogP) is 3.29. The second-order valence-electron chi connectivity index (χ2n) is 4.60. The van der Waals surface area contributed by atoms with Gasteiger partial charge >= 0.3 is 0 Å². The van der Waals surface area contributed by atoms with Crippen LogP contribution >= 0.6 is 24.0 Å². The Labute approximate surface area is 145 Å². The molecule has 0 aliphatic rings. The quantitative estimate of drug-likeness (QED) is 0.250. The van der Waals surface area contributed by atoms with E-state index in [9.17, 15) is 0 Å². The van der Waals surface area contributed by atoms with Crippen molar-refractivity contribution in [1.82, 2.24) is 10.2 Å². The molecule has 5 heteroatoms. The standard InChI is InChI=1S/C16H25N3O.HI/c1-5-6-7-12-19(3)16(17-2)18-13-14-8-10-15(20-4)11-9-14;/h5,8-11H,1,6-7,12-13H2,2-4H3,(H,17,18);1H. The molecule has 0 aliphatic heterocycles. The van der Waals surface area contributed by atoms with Crippen molar-refractivity contribution in [3.63, 3.8) is 0 Å². The summed E-state index contributed by atoms with van der Waals surface area (Å²) in [5.74, 6) is 1.78. The van der Waals surface area contributed by atoms with Gasteiger partial charge in [0.2, 0.25) is 0 Å². The number of hydrogen-bond acceptors (Lipinski definition) is 2. The van der Waals surface area contributed by atoms with Crippen LogP contribution < -0.4 is 10.1 Å². The SMILES string of the molecule is C=CCCCN(C)C(=NC)NCc1ccc(OC)cc1.I. The van der Waals surface area contributed by atoms with E-state index in [-0.39, 0.29) is 24.0 Å². The molecule has 1 rings (SSSR count). The number of methoxy groups -OCH3 is 1. The maximum absolute atomic E-state index is 5.15. The highest BCUT2D eigenvalue weighted by molar-refractivity contribution is 14.0. The zero-order valence-corrected chi connectivity index (χ0v) is 15.5. The normalized spacial score (nSPS) is 10.5. The van der Waals surface area contributed by atoms with Crippen LogP contribution in [0.15, 0.2) is 41.9 Å². The van der Waals surface area contributed by atoms with Crippen LogP contribution in [0, 0.1) is 0 Å². The Morgan fingerprint density at radius 3 is 2.57 bits per heavy atom. The number of nitrogens with zero attached hydrogens (tertiary/aromatic N) is 2. The largest absolute Gasteiger partial charge is 0.497 e. The van der Waals surface area contributed by atoms with Crippen molar-refractivity contribution >= 4 is 29.9 Å². The van der Waals surface area contributed by atoms with Gasteiger partial charge in [-0.2, -0.15) is 0 Å². The first kappa shape index (κ1) is 19.8. The highest BCUT2D eigenvalue weighted by atomic mass is 127. The number of allylic oxidation sites excluding steroid dienone is 1. The van der Waals surface area contributed by atoms with Crippen LogP contribution in [0.25, 0.3) is 0 Å². The van der Waals surface area contributed by atoms with Gasteiger partial charge in [0, 0.05) is 27.2 Å². The molecule has 0 aliphatic carbocycles. The van der Waals surface area contributed by atoms with Crippen molar-refractivity contribution < 1.29 is 4.74 Å². The number of hydrogen-bond donors (Lipinski definition) is 1. The van der Waals surface area contributed by atoms with Gasteiger partial charge in [-0.15, -0.1) is 30.6 Å². The summed E-state index contributed by atoms with van der Waals surface area (Å²) in [5.41, 5.74) is 1.20. The molecule has 4 nitrogen and oxygen atoms in total. The Hall–Kier alpha value is -1.24. The van der Waals surface area contributed by atoms with E-state index in [1.165, 1.54) is 5.56 Å². The number of nitrogens with one attached hydrogen (secondary N) is 1. The minimum atomic E-state index is 0. The van der Waals surface area contributed by atoms with Gasteiger partial charge in [0.1, 0.15) is 5.75 Å². The molecule has 1 N–H and O–H groups in total. The summed E-state index contributed by atoms with van der Waals surface area (Å²) >= 11 is 0. The van der Waals surface area contributed by atoms with Crippen molar-refractivity contribution in [1.29, 1.82) is 0 Å². The molecule has 1 aromatic carbocycles. The van der Waals surface area contributed by atoms with Crippen LogP contribution in [-0.2, 0) is 6.54 Å². The van der Waals surface area contributed by atoms with E-state index in [4.69, 9.17) is 4.74 Å². The van der Waals surface area contributed by atoms with Gasteiger partial charge in [-0.05, 0) is 30.5 Å². The van der Waals surface area contributed by atoms with Crippen LogP contribution in [0.2, 0.25) is 0 Å². The minimum absolute atomic E-state index is 0. The van der Waals surface area contributed by atoms with Gasteiger partial charge in [-0.25, -0.2) is 0 Å². The van der Waals surface area contributed by atoms with E-state index in [2.05, 4.69) is 33.9 Å². The molecule has 0 unspecified atom stereocenters. The molecule has 0 spiro atoms. The highest BCUT2D eigenvalue weighted by Gasteiger charge is 2.04. The Bertz CT molecular complexity index is 432. The van der Waals surface area contributed by atoms with E-state index >= 15 is 0 Å². The Morgan fingerprint density at radius 1 is 1.38 bits per heavy atom. The maximum Gasteiger partial charge on any atom is 0.193 e. The van der Waals surface area contributed by atoms with Gasteiger partial charge in [0.15, 0.2) is 5.96 Å². The Kier molecular flexibility index (Phi) is 10.7. The zero-order valence-electron chi connectivity index (χ0n) is 13.1. The number of ether oxygens (including phenoxy) is 1. The number of halogens is 1. The second-order valence-corrected chi connectivity index (χ2v) is 4.60. The summed E-state index contributed by atoms with van der Waals surface area (Å²) in [7, 11) is 5.53. The number of aliphatic imine (C=N–C) groups is 1. The molecular weight excluding hydrogens is 377 g/mol. The van der Waals surface area contributed by atoms with Gasteiger partial charge in [-0.3, -0.25) is 4.99 Å². The number of benzene rings is 1. The van der Waals surface area contributed by atoms with Crippen LogP contribution in [0.4, 0.5) is 0 Å². The highest BCUT2D eigenvalue weighted by Crippen LogP contribution is 2.11. The molecular formula is C16H26IN3O. The van der Waals surface area contributed by atoms with Gasteiger partial charge in [0.05, 0.1) is 7.11 Å². The fourth-order valence-corrected chi connectivity index (χ4v) is 1.89. The van der Waals surface area contributed by atoms with Crippen molar-refractivity contribution in [2.24, 2.45) is 4.99 Å². The average molecular weight is 403 g/mol. The van der Waals surface area contributed by atoms with Crippen LogP contribution in [0.1, 0.15) is 18.4 Å². The molecule has 118 valence electrons. The third-order valence-electron chi connectivity index (χ3n) is 3.08. The lowest BCUT2D eigenvalue weighted by molar-refractivity contribution is 0.414. The fraction of sp³-hybridized carbons (Fsp3) is 0.438. The van der Waals surface area contributed by atoms with E-state index in [0.29, 0.717) is 0 Å². The summed E-state index contributed by atoms with van der Waals surface area (Å²) in [6.07, 6.45) is 4.06.